The number of anilines is 1. The van der Waals surface area contributed by atoms with Crippen molar-refractivity contribution in [1.29, 1.82) is 0 Å². The first-order valence-corrected chi connectivity index (χ1v) is 7.56. The Bertz CT molecular complexity index is 805. The number of methoxy groups -OCH3 is 1. The second kappa shape index (κ2) is 6.84. The lowest BCUT2D eigenvalue weighted by Crippen LogP contribution is -2.27. The van der Waals surface area contributed by atoms with E-state index in [1.165, 1.54) is 17.9 Å². The zero-order valence-electron chi connectivity index (χ0n) is 14.8. The van der Waals surface area contributed by atoms with Gasteiger partial charge in [0, 0.05) is 12.6 Å². The van der Waals surface area contributed by atoms with Crippen molar-refractivity contribution in [2.45, 2.75) is 26.4 Å². The van der Waals surface area contributed by atoms with Gasteiger partial charge in [-0.2, -0.15) is 5.10 Å². The Morgan fingerprint density at radius 3 is 2.44 bits per heavy atom. The Morgan fingerprint density at radius 2 is 1.92 bits per heavy atom. The molecule has 2 aromatic rings. The van der Waals surface area contributed by atoms with Gasteiger partial charge in [-0.3, -0.25) is 10.00 Å². The fraction of sp³-hybridized carbons (Fsp3) is 0.353. The quantitative estimate of drug-likeness (QED) is 0.881. The Kier molecular flexibility index (Phi) is 5.01. The van der Waals surface area contributed by atoms with E-state index < -0.39 is 17.7 Å². The second-order valence-corrected chi connectivity index (χ2v) is 6.39. The molecule has 134 valence electrons. The zero-order valence-corrected chi connectivity index (χ0v) is 14.8. The van der Waals surface area contributed by atoms with Crippen molar-refractivity contribution >= 4 is 17.7 Å². The number of hydrogen-bond acceptors (Lipinski definition) is 5. The Balaban J connectivity index is 2.37. The summed E-state index contributed by atoms with van der Waals surface area (Å²) in [6.07, 6.45) is -0.612. The van der Waals surface area contributed by atoms with Crippen molar-refractivity contribution < 1.29 is 24.2 Å². The third kappa shape index (κ3) is 4.50. The standard InChI is InChI=1S/C17H21N3O5/c1-17(2,3)25-16(23)18-11-8-10(6-7-14(11)24-5)13-9-12(15(21)22)19-20(13)4/h6-9H,1-5H3,(H,18,23)(H,21,22). The molecule has 1 aromatic carbocycles. The van der Waals surface area contributed by atoms with Crippen LogP contribution in [0.4, 0.5) is 10.5 Å². The van der Waals surface area contributed by atoms with E-state index in [-0.39, 0.29) is 5.69 Å². The molecule has 0 aliphatic rings. The van der Waals surface area contributed by atoms with Crippen molar-refractivity contribution in [1.82, 2.24) is 9.78 Å². The molecular weight excluding hydrogens is 326 g/mol. The highest BCUT2D eigenvalue weighted by atomic mass is 16.6. The van der Waals surface area contributed by atoms with Gasteiger partial charge in [0.2, 0.25) is 0 Å². The normalized spacial score (nSPS) is 11.1. The van der Waals surface area contributed by atoms with E-state index in [1.54, 1.807) is 46.0 Å². The summed E-state index contributed by atoms with van der Waals surface area (Å²) in [4.78, 5) is 23.1. The molecule has 0 saturated carbocycles. The van der Waals surface area contributed by atoms with Gasteiger partial charge in [-0.05, 0) is 45.0 Å². The topological polar surface area (TPSA) is 103 Å². The van der Waals surface area contributed by atoms with Gasteiger partial charge in [-0.25, -0.2) is 9.59 Å². The number of hydrogen-bond donors (Lipinski definition) is 2. The Morgan fingerprint density at radius 1 is 1.24 bits per heavy atom. The summed E-state index contributed by atoms with van der Waals surface area (Å²) in [5, 5.41) is 15.7. The highest BCUT2D eigenvalue weighted by molar-refractivity contribution is 5.90. The lowest BCUT2D eigenvalue weighted by molar-refractivity contribution is 0.0633. The Labute approximate surface area is 145 Å². The van der Waals surface area contributed by atoms with Gasteiger partial charge in [-0.15, -0.1) is 0 Å². The number of carboxylic acids is 1. The molecule has 0 fully saturated rings. The summed E-state index contributed by atoms with van der Waals surface area (Å²) < 4.78 is 12.0. The van der Waals surface area contributed by atoms with Crippen molar-refractivity contribution in [3.63, 3.8) is 0 Å². The minimum Gasteiger partial charge on any atom is -0.495 e. The van der Waals surface area contributed by atoms with Crippen LogP contribution in [0.25, 0.3) is 11.3 Å². The van der Waals surface area contributed by atoms with Crippen LogP contribution in [0, 0.1) is 0 Å². The SMILES string of the molecule is COc1ccc(-c2cc(C(=O)O)nn2C)cc1NC(=O)OC(C)(C)C. The third-order valence-electron chi connectivity index (χ3n) is 3.23. The number of carbonyl (C=O) groups is 2. The van der Waals surface area contributed by atoms with Gasteiger partial charge < -0.3 is 14.6 Å². The molecule has 0 radical (unpaired) electrons. The van der Waals surface area contributed by atoms with Gasteiger partial charge in [0.25, 0.3) is 0 Å². The lowest BCUT2D eigenvalue weighted by Gasteiger charge is -2.20. The van der Waals surface area contributed by atoms with E-state index in [1.807, 2.05) is 0 Å². The molecule has 1 amide bonds. The maximum atomic E-state index is 12.0. The smallest absolute Gasteiger partial charge is 0.412 e. The molecule has 2 rings (SSSR count). The molecule has 2 N–H and O–H groups in total. The van der Waals surface area contributed by atoms with Crippen molar-refractivity contribution in [3.05, 3.63) is 30.0 Å². The first-order chi connectivity index (χ1) is 11.6. The molecule has 0 aliphatic heterocycles. The number of nitrogens with zero attached hydrogens (tertiary/aromatic N) is 2. The number of aromatic carboxylic acids is 1. The fourth-order valence-electron chi connectivity index (χ4n) is 2.22. The van der Waals surface area contributed by atoms with Crippen LogP contribution in [-0.4, -0.2) is 39.7 Å². The molecule has 1 heterocycles. The summed E-state index contributed by atoms with van der Waals surface area (Å²) in [7, 11) is 3.13. The molecule has 0 atom stereocenters. The van der Waals surface area contributed by atoms with Crippen LogP contribution in [0.1, 0.15) is 31.3 Å². The van der Waals surface area contributed by atoms with Gasteiger partial charge >= 0.3 is 12.1 Å². The first kappa shape index (κ1) is 18.3. The monoisotopic (exact) mass is 347 g/mol. The molecule has 0 spiro atoms. The zero-order chi connectivity index (χ0) is 18.8. The molecule has 0 saturated heterocycles. The number of ether oxygens (including phenoxy) is 2. The summed E-state index contributed by atoms with van der Waals surface area (Å²) in [5.74, 6) is -0.655. The number of carbonyl (C=O) groups excluding carboxylic acids is 1. The molecule has 8 heteroatoms. The van der Waals surface area contributed by atoms with Gasteiger partial charge in [-0.1, -0.05) is 0 Å². The summed E-state index contributed by atoms with van der Waals surface area (Å²) in [6, 6.07) is 6.56. The molecule has 25 heavy (non-hydrogen) atoms. The van der Waals surface area contributed by atoms with Crippen LogP contribution in [0.3, 0.4) is 0 Å². The fourth-order valence-corrected chi connectivity index (χ4v) is 2.22. The van der Waals surface area contributed by atoms with E-state index in [0.29, 0.717) is 22.7 Å². The van der Waals surface area contributed by atoms with E-state index in [2.05, 4.69) is 10.4 Å². The minimum atomic E-state index is -1.11. The molecule has 1 aromatic heterocycles. The largest absolute Gasteiger partial charge is 0.495 e. The van der Waals surface area contributed by atoms with E-state index in [0.717, 1.165) is 0 Å². The predicted octanol–water partition coefficient (Wildman–Crippen LogP) is 3.14. The van der Waals surface area contributed by atoms with Gasteiger partial charge in [0.05, 0.1) is 18.5 Å². The molecular formula is C17H21N3O5. The van der Waals surface area contributed by atoms with Crippen LogP contribution in [0.5, 0.6) is 5.75 Å². The van der Waals surface area contributed by atoms with Crippen LogP contribution < -0.4 is 10.1 Å². The van der Waals surface area contributed by atoms with E-state index in [9.17, 15) is 9.59 Å². The minimum absolute atomic E-state index is 0.0602. The number of rotatable bonds is 4. The van der Waals surface area contributed by atoms with E-state index in [4.69, 9.17) is 14.6 Å². The van der Waals surface area contributed by atoms with Crippen molar-refractivity contribution in [3.8, 4) is 17.0 Å². The maximum absolute atomic E-state index is 12.0. The van der Waals surface area contributed by atoms with E-state index >= 15 is 0 Å². The second-order valence-electron chi connectivity index (χ2n) is 6.39. The van der Waals surface area contributed by atoms with Crippen LogP contribution >= 0.6 is 0 Å². The third-order valence-corrected chi connectivity index (χ3v) is 3.23. The number of carboxylic acid groups (broad SMARTS) is 1. The molecule has 0 bridgehead atoms. The number of benzene rings is 1. The van der Waals surface area contributed by atoms with Crippen LogP contribution in [0.2, 0.25) is 0 Å². The van der Waals surface area contributed by atoms with Crippen molar-refractivity contribution in [2.75, 3.05) is 12.4 Å². The number of aromatic nitrogens is 2. The van der Waals surface area contributed by atoms with Crippen LogP contribution in [-0.2, 0) is 11.8 Å². The maximum Gasteiger partial charge on any atom is 0.412 e. The molecule has 0 aliphatic carbocycles. The average molecular weight is 347 g/mol. The number of amides is 1. The highest BCUT2D eigenvalue weighted by Gasteiger charge is 2.19. The highest BCUT2D eigenvalue weighted by Crippen LogP contribution is 2.31. The van der Waals surface area contributed by atoms with Crippen molar-refractivity contribution in [2.24, 2.45) is 7.05 Å². The summed E-state index contributed by atoms with van der Waals surface area (Å²) >= 11 is 0. The molecule has 8 nitrogen and oxygen atoms in total. The number of nitrogens with one attached hydrogen (secondary N) is 1. The van der Waals surface area contributed by atoms with Gasteiger partial charge in [0.1, 0.15) is 11.4 Å². The summed E-state index contributed by atoms with van der Waals surface area (Å²) in [6.45, 7) is 5.30. The first-order valence-electron chi connectivity index (χ1n) is 7.56. The molecule has 0 unspecified atom stereocenters. The average Bonchev–Trinajstić information content (AvgIpc) is 2.87. The predicted molar refractivity (Wildman–Crippen MR) is 92.0 cm³/mol. The Hall–Kier alpha value is -3.03. The summed E-state index contributed by atoms with van der Waals surface area (Å²) in [5.41, 5.74) is 0.983. The van der Waals surface area contributed by atoms with Crippen LogP contribution in [0.15, 0.2) is 24.3 Å². The van der Waals surface area contributed by atoms with Gasteiger partial charge in [0.15, 0.2) is 5.69 Å². The lowest BCUT2D eigenvalue weighted by atomic mass is 10.1. The number of aryl methyl sites for hydroxylation is 1.